The molecule has 7 nitrogen and oxygen atoms in total. The van der Waals surface area contributed by atoms with Crippen LogP contribution in [0.25, 0.3) is 0 Å². The minimum Gasteiger partial charge on any atom is -0.449 e. The van der Waals surface area contributed by atoms with E-state index in [-0.39, 0.29) is 22.1 Å². The van der Waals surface area contributed by atoms with E-state index in [4.69, 9.17) is 16.3 Å². The Hall–Kier alpha value is -3.36. The van der Waals surface area contributed by atoms with Crippen molar-refractivity contribution in [3.8, 4) is 0 Å². The van der Waals surface area contributed by atoms with Crippen molar-refractivity contribution in [3.05, 3.63) is 95.0 Å². The Morgan fingerprint density at radius 1 is 0.970 bits per heavy atom. The number of rotatable bonds is 8. The zero-order valence-electron chi connectivity index (χ0n) is 18.1. The summed E-state index contributed by atoms with van der Waals surface area (Å²) in [4.78, 5) is 26.9. The van der Waals surface area contributed by atoms with Crippen molar-refractivity contribution < 1.29 is 22.7 Å². The number of nitrogens with one attached hydrogen (secondary N) is 1. The van der Waals surface area contributed by atoms with Gasteiger partial charge in [-0.3, -0.25) is 9.52 Å². The minimum atomic E-state index is -3.97. The number of esters is 1. The number of anilines is 1. The van der Waals surface area contributed by atoms with E-state index in [9.17, 15) is 18.0 Å². The lowest BCUT2D eigenvalue weighted by atomic mass is 10.2. The summed E-state index contributed by atoms with van der Waals surface area (Å²) in [6, 6.07) is 21.1. The Balaban J connectivity index is 1.71. The van der Waals surface area contributed by atoms with Gasteiger partial charge in [0.05, 0.1) is 16.1 Å². The molecule has 33 heavy (non-hydrogen) atoms. The molecule has 0 spiro atoms. The van der Waals surface area contributed by atoms with E-state index in [1.807, 2.05) is 30.3 Å². The summed E-state index contributed by atoms with van der Waals surface area (Å²) in [6.07, 6.45) is -1.06. The highest BCUT2D eigenvalue weighted by Crippen LogP contribution is 2.22. The van der Waals surface area contributed by atoms with Gasteiger partial charge in [0.15, 0.2) is 6.10 Å². The van der Waals surface area contributed by atoms with Crippen molar-refractivity contribution in [1.29, 1.82) is 0 Å². The first kappa shape index (κ1) is 24.3. The summed E-state index contributed by atoms with van der Waals surface area (Å²) >= 11 is 5.82. The van der Waals surface area contributed by atoms with Gasteiger partial charge < -0.3 is 9.64 Å². The molecule has 0 fully saturated rings. The van der Waals surface area contributed by atoms with Crippen molar-refractivity contribution in [1.82, 2.24) is 4.90 Å². The number of hydrogen-bond acceptors (Lipinski definition) is 5. The SMILES string of the molecule is CC(OC(=O)c1ccccc1NS(=O)(=O)c1ccc(Cl)cc1)C(=O)N(C)Cc1ccccc1. The number of hydrogen-bond donors (Lipinski definition) is 1. The van der Waals surface area contributed by atoms with Crippen LogP contribution in [0.15, 0.2) is 83.8 Å². The summed E-state index contributed by atoms with van der Waals surface area (Å²) in [6.45, 7) is 1.83. The first-order valence-corrected chi connectivity index (χ1v) is 11.9. The molecule has 3 aromatic rings. The van der Waals surface area contributed by atoms with E-state index in [0.29, 0.717) is 11.6 Å². The van der Waals surface area contributed by atoms with Gasteiger partial charge in [0.1, 0.15) is 0 Å². The summed E-state index contributed by atoms with van der Waals surface area (Å²) in [5, 5.41) is 0.397. The summed E-state index contributed by atoms with van der Waals surface area (Å²) < 4.78 is 33.2. The molecule has 1 atom stereocenters. The molecular weight excluding hydrogens is 464 g/mol. The zero-order valence-corrected chi connectivity index (χ0v) is 19.6. The van der Waals surface area contributed by atoms with E-state index in [2.05, 4.69) is 4.72 Å². The Bertz CT molecular complexity index is 1230. The third kappa shape index (κ3) is 6.34. The molecule has 0 aromatic heterocycles. The van der Waals surface area contributed by atoms with Gasteiger partial charge in [-0.25, -0.2) is 13.2 Å². The molecule has 0 aliphatic carbocycles. The molecular formula is C24H23ClN2O5S. The van der Waals surface area contributed by atoms with Crippen molar-refractivity contribution in [3.63, 3.8) is 0 Å². The molecule has 0 saturated heterocycles. The second-order valence-electron chi connectivity index (χ2n) is 7.33. The van der Waals surface area contributed by atoms with E-state index >= 15 is 0 Å². The van der Waals surface area contributed by atoms with Crippen molar-refractivity contribution >= 4 is 39.2 Å². The Morgan fingerprint density at radius 2 is 1.58 bits per heavy atom. The van der Waals surface area contributed by atoms with Crippen molar-refractivity contribution in [2.24, 2.45) is 0 Å². The van der Waals surface area contributed by atoms with Crippen LogP contribution in [0.4, 0.5) is 5.69 Å². The number of ether oxygens (including phenoxy) is 1. The first-order valence-electron chi connectivity index (χ1n) is 10.0. The molecule has 0 heterocycles. The lowest BCUT2D eigenvalue weighted by Crippen LogP contribution is -2.37. The fourth-order valence-electron chi connectivity index (χ4n) is 3.09. The van der Waals surface area contributed by atoms with Crippen LogP contribution in [0.2, 0.25) is 5.02 Å². The highest BCUT2D eigenvalue weighted by atomic mass is 35.5. The lowest BCUT2D eigenvalue weighted by molar-refractivity contribution is -0.139. The summed E-state index contributed by atoms with van der Waals surface area (Å²) in [7, 11) is -2.35. The standard InChI is InChI=1S/C24H23ClN2O5S/c1-17(23(28)27(2)16-18-8-4-3-5-9-18)32-24(29)21-10-6-7-11-22(21)26-33(30,31)20-14-12-19(25)13-15-20/h3-15,17,26H,16H2,1-2H3. The van der Waals surface area contributed by atoms with Crippen LogP contribution >= 0.6 is 11.6 Å². The molecule has 3 rings (SSSR count). The van der Waals surface area contributed by atoms with E-state index in [1.165, 1.54) is 48.2 Å². The van der Waals surface area contributed by atoms with Gasteiger partial charge in [-0.05, 0) is 48.9 Å². The normalized spacial score (nSPS) is 12.0. The molecule has 0 aliphatic heterocycles. The minimum absolute atomic E-state index is 0.0128. The molecule has 3 aromatic carbocycles. The third-order valence-electron chi connectivity index (χ3n) is 4.79. The number of nitrogens with zero attached hydrogens (tertiary/aromatic N) is 1. The second kappa shape index (κ2) is 10.5. The van der Waals surface area contributed by atoms with Crippen LogP contribution in [0, 0.1) is 0 Å². The number of benzene rings is 3. The molecule has 0 radical (unpaired) electrons. The molecule has 1 amide bonds. The van der Waals surface area contributed by atoms with Gasteiger partial charge in [-0.2, -0.15) is 0 Å². The number of para-hydroxylation sites is 1. The number of amides is 1. The maximum atomic E-state index is 12.8. The van der Waals surface area contributed by atoms with E-state index in [0.717, 1.165) is 5.56 Å². The Kier molecular flexibility index (Phi) is 7.73. The number of carbonyl (C=O) groups is 2. The Morgan fingerprint density at radius 3 is 2.24 bits per heavy atom. The number of sulfonamides is 1. The van der Waals surface area contributed by atoms with Gasteiger partial charge in [0, 0.05) is 18.6 Å². The molecule has 1 N–H and O–H groups in total. The van der Waals surface area contributed by atoms with E-state index in [1.54, 1.807) is 19.2 Å². The summed E-state index contributed by atoms with van der Waals surface area (Å²) in [5.41, 5.74) is 0.962. The van der Waals surface area contributed by atoms with Crippen LogP contribution in [-0.4, -0.2) is 38.3 Å². The number of likely N-dealkylation sites (N-methyl/N-ethyl adjacent to an activating group) is 1. The molecule has 1 unspecified atom stereocenters. The predicted molar refractivity (Wildman–Crippen MR) is 126 cm³/mol. The molecule has 0 saturated carbocycles. The van der Waals surface area contributed by atoms with Crippen molar-refractivity contribution in [2.45, 2.75) is 24.5 Å². The maximum Gasteiger partial charge on any atom is 0.341 e. The van der Waals surface area contributed by atoms with Crippen LogP contribution in [-0.2, 0) is 26.1 Å². The number of halogens is 1. The highest BCUT2D eigenvalue weighted by Gasteiger charge is 2.25. The lowest BCUT2D eigenvalue weighted by Gasteiger charge is -2.22. The average Bonchev–Trinajstić information content (AvgIpc) is 2.79. The predicted octanol–water partition coefficient (Wildman–Crippen LogP) is 4.34. The monoisotopic (exact) mass is 486 g/mol. The molecule has 9 heteroatoms. The van der Waals surface area contributed by atoms with E-state index < -0.39 is 22.1 Å². The quantitative estimate of drug-likeness (QED) is 0.478. The summed E-state index contributed by atoms with van der Waals surface area (Å²) in [5.74, 6) is -1.20. The van der Waals surface area contributed by atoms with Crippen molar-refractivity contribution in [2.75, 3.05) is 11.8 Å². The average molecular weight is 487 g/mol. The Labute approximate surface area is 198 Å². The third-order valence-corrected chi connectivity index (χ3v) is 6.42. The van der Waals surface area contributed by atoms with Gasteiger partial charge in [0.2, 0.25) is 0 Å². The first-order chi connectivity index (χ1) is 15.7. The van der Waals surface area contributed by atoms with Gasteiger partial charge in [-0.1, -0.05) is 54.1 Å². The highest BCUT2D eigenvalue weighted by molar-refractivity contribution is 7.92. The fourth-order valence-corrected chi connectivity index (χ4v) is 4.29. The van der Waals surface area contributed by atoms with Crippen LogP contribution in [0.3, 0.4) is 0 Å². The van der Waals surface area contributed by atoms with Crippen LogP contribution in [0.5, 0.6) is 0 Å². The smallest absolute Gasteiger partial charge is 0.341 e. The molecule has 0 bridgehead atoms. The second-order valence-corrected chi connectivity index (χ2v) is 9.45. The topological polar surface area (TPSA) is 92.8 Å². The van der Waals surface area contributed by atoms with Crippen LogP contribution < -0.4 is 4.72 Å². The largest absolute Gasteiger partial charge is 0.449 e. The van der Waals surface area contributed by atoms with Gasteiger partial charge in [-0.15, -0.1) is 0 Å². The fraction of sp³-hybridized carbons (Fsp3) is 0.167. The molecule has 0 aliphatic rings. The van der Waals surface area contributed by atoms with Crippen LogP contribution in [0.1, 0.15) is 22.8 Å². The van der Waals surface area contributed by atoms with Gasteiger partial charge >= 0.3 is 5.97 Å². The van der Waals surface area contributed by atoms with Gasteiger partial charge in [0.25, 0.3) is 15.9 Å². The maximum absolute atomic E-state index is 12.8. The number of carbonyl (C=O) groups excluding carboxylic acids is 2. The zero-order chi connectivity index (χ0) is 24.0. The molecule has 172 valence electrons.